The molecule has 1 saturated heterocycles. The number of carbonyl (C=O) groups excluding carboxylic acids is 1. The predicted molar refractivity (Wildman–Crippen MR) is 100 cm³/mol. The highest BCUT2D eigenvalue weighted by Gasteiger charge is 2.50. The van der Waals surface area contributed by atoms with E-state index in [1.54, 1.807) is 4.90 Å². The lowest BCUT2D eigenvalue weighted by Gasteiger charge is -2.40. The fraction of sp³-hybridized carbons (Fsp3) is 0.650. The second-order valence-corrected chi connectivity index (χ2v) is 11.1. The molecule has 0 bridgehead atoms. The van der Waals surface area contributed by atoms with Gasteiger partial charge in [0, 0.05) is 25.1 Å². The number of benzene rings is 1. The number of sulfone groups is 1. The van der Waals surface area contributed by atoms with Crippen molar-refractivity contribution < 1.29 is 17.9 Å². The van der Waals surface area contributed by atoms with Gasteiger partial charge in [-0.25, -0.2) is 8.42 Å². The maximum absolute atomic E-state index is 13.4. The van der Waals surface area contributed by atoms with Crippen molar-refractivity contribution in [2.75, 3.05) is 18.8 Å². The van der Waals surface area contributed by atoms with Gasteiger partial charge < -0.3 is 9.64 Å². The molecule has 2 fully saturated rings. The zero-order valence-electron chi connectivity index (χ0n) is 15.5. The average molecular weight is 378 g/mol. The molecule has 1 aromatic rings. The Balaban J connectivity index is 1.60. The number of carbonyl (C=O) groups is 1. The van der Waals surface area contributed by atoms with Crippen LogP contribution in [-0.2, 0) is 14.6 Å². The van der Waals surface area contributed by atoms with Crippen molar-refractivity contribution in [2.45, 2.75) is 62.2 Å². The average Bonchev–Trinajstić information content (AvgIpc) is 2.68. The minimum Gasteiger partial charge on any atom is -0.488 e. The Kier molecular flexibility index (Phi) is 4.10. The number of para-hydroxylation sites is 1. The van der Waals surface area contributed by atoms with E-state index in [0.717, 1.165) is 30.6 Å². The lowest BCUT2D eigenvalue weighted by Crippen LogP contribution is -2.46. The lowest BCUT2D eigenvalue weighted by molar-refractivity contribution is -0.134. The fourth-order valence-electron chi connectivity index (χ4n) is 4.65. The molecule has 26 heavy (non-hydrogen) atoms. The Hall–Kier alpha value is -1.56. The van der Waals surface area contributed by atoms with E-state index in [2.05, 4.69) is 0 Å². The predicted octanol–water partition coefficient (Wildman–Crippen LogP) is 2.90. The van der Waals surface area contributed by atoms with Gasteiger partial charge in [0.15, 0.2) is 9.84 Å². The van der Waals surface area contributed by atoms with E-state index >= 15 is 0 Å². The largest absolute Gasteiger partial charge is 0.488 e. The van der Waals surface area contributed by atoms with Crippen LogP contribution in [-0.4, -0.2) is 48.4 Å². The number of amides is 1. The first-order valence-corrected chi connectivity index (χ1v) is 11.2. The van der Waals surface area contributed by atoms with E-state index in [1.165, 1.54) is 0 Å². The summed E-state index contributed by atoms with van der Waals surface area (Å²) in [6, 6.07) is 7.71. The molecule has 5 nitrogen and oxygen atoms in total. The summed E-state index contributed by atoms with van der Waals surface area (Å²) >= 11 is 0. The molecule has 142 valence electrons. The summed E-state index contributed by atoms with van der Waals surface area (Å²) in [5, 5.41) is 0. The van der Waals surface area contributed by atoms with E-state index in [1.807, 2.05) is 38.1 Å². The molecule has 0 N–H and O–H groups in total. The zero-order valence-corrected chi connectivity index (χ0v) is 16.3. The van der Waals surface area contributed by atoms with Gasteiger partial charge in [-0.2, -0.15) is 0 Å². The molecular weight excluding hydrogens is 350 g/mol. The molecule has 1 saturated carbocycles. The van der Waals surface area contributed by atoms with Crippen LogP contribution in [0.15, 0.2) is 24.3 Å². The van der Waals surface area contributed by atoms with Crippen molar-refractivity contribution in [2.24, 2.45) is 0 Å². The molecule has 1 aromatic carbocycles. The summed E-state index contributed by atoms with van der Waals surface area (Å²) in [6.45, 7) is 4.85. The monoisotopic (exact) mass is 377 g/mol. The van der Waals surface area contributed by atoms with Crippen molar-refractivity contribution in [3.05, 3.63) is 29.8 Å². The molecule has 1 aliphatic carbocycles. The quantitative estimate of drug-likeness (QED) is 0.755. The normalized spacial score (nSPS) is 28.4. The van der Waals surface area contributed by atoms with Gasteiger partial charge in [-0.3, -0.25) is 4.79 Å². The lowest BCUT2D eigenvalue weighted by atomic mass is 9.81. The summed E-state index contributed by atoms with van der Waals surface area (Å²) in [7, 11) is -3.12. The van der Waals surface area contributed by atoms with Crippen LogP contribution in [0.3, 0.4) is 0 Å². The first-order valence-electron chi connectivity index (χ1n) is 9.52. The van der Waals surface area contributed by atoms with Crippen molar-refractivity contribution in [3.63, 3.8) is 0 Å². The number of rotatable bonds is 1. The summed E-state index contributed by atoms with van der Waals surface area (Å²) in [5.41, 5.74) is 0.504. The van der Waals surface area contributed by atoms with Crippen molar-refractivity contribution in [1.82, 2.24) is 4.90 Å². The summed E-state index contributed by atoms with van der Waals surface area (Å²) in [5.74, 6) is 0.626. The minimum absolute atomic E-state index is 0.0420. The molecule has 4 rings (SSSR count). The van der Waals surface area contributed by atoms with Gasteiger partial charge in [-0.1, -0.05) is 24.6 Å². The number of ether oxygens (including phenoxy) is 1. The Bertz CT molecular complexity index is 826. The second kappa shape index (κ2) is 5.98. The number of fused-ring (bicyclic) bond motifs is 1. The molecule has 2 aliphatic heterocycles. The molecule has 1 atom stereocenters. The van der Waals surface area contributed by atoms with Gasteiger partial charge in [-0.15, -0.1) is 0 Å². The van der Waals surface area contributed by atoms with Crippen LogP contribution in [0.25, 0.3) is 0 Å². The van der Waals surface area contributed by atoms with Crippen LogP contribution in [0, 0.1) is 0 Å². The summed E-state index contributed by atoms with van der Waals surface area (Å²) in [4.78, 5) is 15.1. The number of nitrogens with zero attached hydrogens (tertiary/aromatic N) is 1. The maximum Gasteiger partial charge on any atom is 0.230 e. The third kappa shape index (κ3) is 2.82. The van der Waals surface area contributed by atoms with E-state index in [4.69, 9.17) is 4.74 Å². The van der Waals surface area contributed by atoms with Crippen LogP contribution >= 0.6 is 0 Å². The van der Waals surface area contributed by atoms with Crippen LogP contribution in [0.2, 0.25) is 0 Å². The highest BCUT2D eigenvalue weighted by Crippen LogP contribution is 2.45. The SMILES string of the molecule is CC1(C)CC(C(=O)N2CCC3(CCC3)S(=O)(=O)CC2)c2ccccc2O1. The topological polar surface area (TPSA) is 63.7 Å². The minimum atomic E-state index is -3.12. The van der Waals surface area contributed by atoms with Gasteiger partial charge in [0.2, 0.25) is 5.91 Å². The van der Waals surface area contributed by atoms with Crippen molar-refractivity contribution in [3.8, 4) is 5.75 Å². The first kappa shape index (κ1) is 17.8. The van der Waals surface area contributed by atoms with Gasteiger partial charge in [-0.05, 0) is 39.2 Å². The van der Waals surface area contributed by atoms with Gasteiger partial charge in [0.1, 0.15) is 11.4 Å². The molecule has 1 spiro atoms. The molecule has 0 aromatic heterocycles. The second-order valence-electron chi connectivity index (χ2n) is 8.59. The Morgan fingerprint density at radius 1 is 1.15 bits per heavy atom. The highest BCUT2D eigenvalue weighted by molar-refractivity contribution is 7.92. The van der Waals surface area contributed by atoms with Crippen LogP contribution in [0.1, 0.15) is 57.4 Å². The van der Waals surface area contributed by atoms with E-state index in [9.17, 15) is 13.2 Å². The molecule has 2 heterocycles. The Morgan fingerprint density at radius 3 is 2.58 bits per heavy atom. The van der Waals surface area contributed by atoms with Crippen LogP contribution < -0.4 is 4.74 Å². The van der Waals surface area contributed by atoms with Gasteiger partial charge >= 0.3 is 0 Å². The third-order valence-electron chi connectivity index (χ3n) is 6.38. The maximum atomic E-state index is 13.4. The van der Waals surface area contributed by atoms with Crippen LogP contribution in [0.4, 0.5) is 0 Å². The number of hydrogen-bond donors (Lipinski definition) is 0. The third-order valence-corrected chi connectivity index (χ3v) is 9.03. The zero-order chi connectivity index (χ0) is 18.6. The molecule has 1 amide bonds. The smallest absolute Gasteiger partial charge is 0.230 e. The van der Waals surface area contributed by atoms with Crippen molar-refractivity contribution in [1.29, 1.82) is 0 Å². The summed E-state index contributed by atoms with van der Waals surface area (Å²) < 4.78 is 30.9. The van der Waals surface area contributed by atoms with Gasteiger partial charge in [0.25, 0.3) is 0 Å². The van der Waals surface area contributed by atoms with Crippen LogP contribution in [0.5, 0.6) is 5.75 Å². The molecule has 1 unspecified atom stereocenters. The van der Waals surface area contributed by atoms with Gasteiger partial charge in [0.05, 0.1) is 16.4 Å². The summed E-state index contributed by atoms with van der Waals surface area (Å²) in [6.07, 6.45) is 3.68. The molecular formula is C20H27NO4S. The highest BCUT2D eigenvalue weighted by atomic mass is 32.2. The fourth-order valence-corrected chi connectivity index (χ4v) is 6.86. The van der Waals surface area contributed by atoms with Crippen molar-refractivity contribution >= 4 is 15.7 Å². The Morgan fingerprint density at radius 2 is 1.88 bits per heavy atom. The molecule has 0 radical (unpaired) electrons. The van der Waals surface area contributed by atoms with E-state index in [-0.39, 0.29) is 17.6 Å². The van der Waals surface area contributed by atoms with E-state index in [0.29, 0.717) is 25.9 Å². The van der Waals surface area contributed by atoms with E-state index < -0.39 is 20.2 Å². The molecule has 6 heteroatoms. The Labute approximate surface area is 155 Å². The standard InChI is InChI=1S/C20H27NO4S/c1-19(2)14-16(15-6-3-4-7-17(15)25-19)18(22)21-11-10-20(8-5-9-20)26(23,24)13-12-21/h3-4,6-7,16H,5,8-14H2,1-2H3. The molecule has 3 aliphatic rings. The first-order chi connectivity index (χ1) is 12.2. The number of hydrogen-bond acceptors (Lipinski definition) is 4.